The maximum Gasteiger partial charge on any atom is 0.335 e. The van der Waals surface area contributed by atoms with Gasteiger partial charge >= 0.3 is 5.97 Å². The van der Waals surface area contributed by atoms with Crippen molar-refractivity contribution in [2.24, 2.45) is 0 Å². The Hall–Kier alpha value is -2.90. The van der Waals surface area contributed by atoms with Crippen LogP contribution in [0, 0.1) is 0 Å². The number of rotatable bonds is 7. The lowest BCUT2D eigenvalue weighted by Gasteiger charge is -2.11. The van der Waals surface area contributed by atoms with E-state index in [2.05, 4.69) is 6.58 Å². The van der Waals surface area contributed by atoms with Crippen LogP contribution in [0.2, 0.25) is 0 Å². The van der Waals surface area contributed by atoms with E-state index in [1.54, 1.807) is 24.3 Å². The van der Waals surface area contributed by atoms with E-state index in [1.165, 1.54) is 28.8 Å². The minimum Gasteiger partial charge on any atom is -0.488 e. The Morgan fingerprint density at radius 3 is 2.61 bits per heavy atom. The molecule has 0 saturated carbocycles. The van der Waals surface area contributed by atoms with Gasteiger partial charge in [-0.15, -0.1) is 6.58 Å². The third kappa shape index (κ3) is 4.49. The molecule has 5 nitrogen and oxygen atoms in total. The molecule has 1 aliphatic rings. The Bertz CT molecular complexity index is 967. The standard InChI is InChI=1S/C21H17NO4S2/c1-2-11-22-19(23)18(28-21(22)27)12-16-5-3-4-6-17(16)26-13-14-7-9-15(10-8-14)20(24)25/h2-10,12H,1,11,13H2,(H,24,25)/b18-12-. The lowest BCUT2D eigenvalue weighted by atomic mass is 10.1. The Labute approximate surface area is 172 Å². The van der Waals surface area contributed by atoms with Gasteiger partial charge in [0.2, 0.25) is 0 Å². The van der Waals surface area contributed by atoms with Crippen molar-refractivity contribution in [3.05, 3.63) is 82.8 Å². The summed E-state index contributed by atoms with van der Waals surface area (Å²) in [6.07, 6.45) is 3.41. The summed E-state index contributed by atoms with van der Waals surface area (Å²) in [6.45, 7) is 4.31. The lowest BCUT2D eigenvalue weighted by molar-refractivity contribution is -0.121. The number of amides is 1. The van der Waals surface area contributed by atoms with E-state index in [0.29, 0.717) is 21.5 Å². The van der Waals surface area contributed by atoms with Crippen LogP contribution in [0.3, 0.4) is 0 Å². The molecular weight excluding hydrogens is 394 g/mol. The number of carboxylic acids is 1. The minimum absolute atomic E-state index is 0.144. The van der Waals surface area contributed by atoms with Crippen molar-refractivity contribution >= 4 is 46.3 Å². The summed E-state index contributed by atoms with van der Waals surface area (Å²) in [7, 11) is 0. The highest BCUT2D eigenvalue weighted by Gasteiger charge is 2.31. The average Bonchev–Trinajstić information content (AvgIpc) is 2.95. The SMILES string of the molecule is C=CCN1C(=O)/C(=C/c2ccccc2OCc2ccc(C(=O)O)cc2)SC1=S. The third-order valence-electron chi connectivity index (χ3n) is 3.99. The maximum atomic E-state index is 12.5. The molecule has 1 heterocycles. The van der Waals surface area contributed by atoms with Gasteiger partial charge in [0.25, 0.3) is 5.91 Å². The Morgan fingerprint density at radius 2 is 1.93 bits per heavy atom. The number of benzene rings is 2. The lowest BCUT2D eigenvalue weighted by Crippen LogP contribution is -2.27. The molecule has 142 valence electrons. The van der Waals surface area contributed by atoms with Gasteiger partial charge in [-0.25, -0.2) is 4.79 Å². The molecule has 1 aliphatic heterocycles. The van der Waals surface area contributed by atoms with Gasteiger partial charge in [0.1, 0.15) is 16.7 Å². The predicted octanol–water partition coefficient (Wildman–Crippen LogP) is 4.35. The normalized spacial score (nSPS) is 15.1. The summed E-state index contributed by atoms with van der Waals surface area (Å²) < 4.78 is 6.40. The highest BCUT2D eigenvalue weighted by molar-refractivity contribution is 8.26. The first-order valence-electron chi connectivity index (χ1n) is 8.40. The second-order valence-electron chi connectivity index (χ2n) is 5.91. The van der Waals surface area contributed by atoms with Crippen LogP contribution in [-0.2, 0) is 11.4 Å². The molecule has 7 heteroatoms. The molecule has 0 spiro atoms. The van der Waals surface area contributed by atoms with Crippen LogP contribution in [0.4, 0.5) is 0 Å². The van der Waals surface area contributed by atoms with E-state index in [0.717, 1.165) is 11.1 Å². The number of thioether (sulfide) groups is 1. The van der Waals surface area contributed by atoms with Crippen LogP contribution in [0.25, 0.3) is 6.08 Å². The number of hydrogen-bond acceptors (Lipinski definition) is 5. The van der Waals surface area contributed by atoms with Gasteiger partial charge in [0, 0.05) is 12.1 Å². The molecule has 0 atom stereocenters. The van der Waals surface area contributed by atoms with Crippen molar-refractivity contribution in [1.29, 1.82) is 0 Å². The summed E-state index contributed by atoms with van der Waals surface area (Å²) in [6, 6.07) is 13.9. The molecule has 2 aromatic carbocycles. The van der Waals surface area contributed by atoms with Crippen LogP contribution >= 0.6 is 24.0 Å². The molecule has 3 rings (SSSR count). The summed E-state index contributed by atoms with van der Waals surface area (Å²) in [5.74, 6) is -0.487. The number of aromatic carboxylic acids is 1. The fourth-order valence-corrected chi connectivity index (χ4v) is 3.83. The number of hydrogen-bond donors (Lipinski definition) is 1. The summed E-state index contributed by atoms with van der Waals surface area (Å²) in [5.41, 5.74) is 1.84. The van der Waals surface area contributed by atoms with E-state index in [9.17, 15) is 9.59 Å². The van der Waals surface area contributed by atoms with Crippen molar-refractivity contribution < 1.29 is 19.4 Å². The minimum atomic E-state index is -0.966. The zero-order valence-electron chi connectivity index (χ0n) is 14.8. The molecule has 0 aliphatic carbocycles. The zero-order chi connectivity index (χ0) is 20.1. The fourth-order valence-electron chi connectivity index (χ4n) is 2.56. The first-order chi connectivity index (χ1) is 13.5. The smallest absolute Gasteiger partial charge is 0.335 e. The van der Waals surface area contributed by atoms with Crippen LogP contribution in [-0.4, -0.2) is 32.7 Å². The first kappa shape index (κ1) is 19.9. The molecule has 1 amide bonds. The number of carbonyl (C=O) groups is 2. The number of carboxylic acid groups (broad SMARTS) is 1. The van der Waals surface area contributed by atoms with Gasteiger partial charge in [-0.3, -0.25) is 9.69 Å². The highest BCUT2D eigenvalue weighted by atomic mass is 32.2. The maximum absolute atomic E-state index is 12.5. The fraction of sp³-hybridized carbons (Fsp3) is 0.0952. The van der Waals surface area contributed by atoms with Gasteiger partial charge < -0.3 is 9.84 Å². The van der Waals surface area contributed by atoms with Crippen molar-refractivity contribution in [1.82, 2.24) is 4.90 Å². The number of para-hydroxylation sites is 1. The van der Waals surface area contributed by atoms with E-state index < -0.39 is 5.97 Å². The van der Waals surface area contributed by atoms with E-state index >= 15 is 0 Å². The quantitative estimate of drug-likeness (QED) is 0.415. The monoisotopic (exact) mass is 411 g/mol. The number of nitrogens with zero attached hydrogens (tertiary/aromatic N) is 1. The van der Waals surface area contributed by atoms with Gasteiger partial charge in [-0.1, -0.05) is 60.4 Å². The van der Waals surface area contributed by atoms with Gasteiger partial charge in [-0.05, 0) is 29.8 Å². The predicted molar refractivity (Wildman–Crippen MR) is 114 cm³/mol. The number of ether oxygens (including phenoxy) is 1. The molecular formula is C21H17NO4S2. The van der Waals surface area contributed by atoms with Crippen LogP contribution in [0.5, 0.6) is 5.75 Å². The van der Waals surface area contributed by atoms with Crippen LogP contribution in [0.1, 0.15) is 21.5 Å². The van der Waals surface area contributed by atoms with Crippen molar-refractivity contribution in [3.8, 4) is 5.75 Å². The molecule has 1 saturated heterocycles. The summed E-state index contributed by atoms with van der Waals surface area (Å²) in [4.78, 5) is 25.5. The number of thiocarbonyl (C=S) groups is 1. The Morgan fingerprint density at radius 1 is 1.21 bits per heavy atom. The second-order valence-corrected chi connectivity index (χ2v) is 7.59. The molecule has 0 bridgehead atoms. The molecule has 1 fully saturated rings. The van der Waals surface area contributed by atoms with E-state index in [-0.39, 0.29) is 18.1 Å². The summed E-state index contributed by atoms with van der Waals surface area (Å²) in [5, 5.41) is 8.96. The number of carbonyl (C=O) groups excluding carboxylic acids is 1. The highest BCUT2D eigenvalue weighted by Crippen LogP contribution is 2.34. The largest absolute Gasteiger partial charge is 0.488 e. The molecule has 0 aromatic heterocycles. The van der Waals surface area contributed by atoms with Crippen LogP contribution in [0.15, 0.2) is 66.1 Å². The van der Waals surface area contributed by atoms with Gasteiger partial charge in [0.05, 0.1) is 10.5 Å². The first-order valence-corrected chi connectivity index (χ1v) is 9.62. The topological polar surface area (TPSA) is 66.8 Å². The third-order valence-corrected chi connectivity index (χ3v) is 5.36. The van der Waals surface area contributed by atoms with Crippen molar-refractivity contribution in [2.45, 2.75) is 6.61 Å². The molecule has 1 N–H and O–H groups in total. The van der Waals surface area contributed by atoms with Gasteiger partial charge in [0.15, 0.2) is 0 Å². The molecule has 2 aromatic rings. The average molecular weight is 412 g/mol. The molecule has 0 unspecified atom stereocenters. The van der Waals surface area contributed by atoms with Crippen LogP contribution < -0.4 is 4.74 Å². The second kappa shape index (κ2) is 8.86. The van der Waals surface area contributed by atoms with Gasteiger partial charge in [-0.2, -0.15) is 0 Å². The van der Waals surface area contributed by atoms with Crippen molar-refractivity contribution in [3.63, 3.8) is 0 Å². The Kier molecular flexibility index (Phi) is 6.28. The molecule has 0 radical (unpaired) electrons. The van der Waals surface area contributed by atoms with Crippen molar-refractivity contribution in [2.75, 3.05) is 6.54 Å². The summed E-state index contributed by atoms with van der Waals surface area (Å²) >= 11 is 6.51. The van der Waals surface area contributed by atoms with E-state index in [4.69, 9.17) is 22.1 Å². The van der Waals surface area contributed by atoms with E-state index in [1.807, 2.05) is 24.3 Å². The Balaban J connectivity index is 1.76. The molecule has 28 heavy (non-hydrogen) atoms. The zero-order valence-corrected chi connectivity index (χ0v) is 16.5.